The molecule has 0 N–H and O–H groups in total. The van der Waals surface area contributed by atoms with Crippen molar-refractivity contribution in [2.75, 3.05) is 0 Å². The lowest BCUT2D eigenvalue weighted by Gasteiger charge is -2.14. The van der Waals surface area contributed by atoms with E-state index in [0.717, 1.165) is 12.8 Å². The van der Waals surface area contributed by atoms with E-state index in [1.165, 1.54) is 93.5 Å². The van der Waals surface area contributed by atoms with Gasteiger partial charge < -0.3 is 4.57 Å². The van der Waals surface area contributed by atoms with Crippen LogP contribution in [-0.4, -0.2) is 4.57 Å². The minimum absolute atomic E-state index is 0.866. The molecule has 1 heteroatoms. The molecule has 1 aliphatic carbocycles. The van der Waals surface area contributed by atoms with Crippen molar-refractivity contribution in [3.63, 3.8) is 0 Å². The van der Waals surface area contributed by atoms with Crippen molar-refractivity contribution in [2.24, 2.45) is 0 Å². The maximum atomic E-state index is 2.49. The van der Waals surface area contributed by atoms with Crippen LogP contribution in [0.4, 0.5) is 0 Å². The zero-order valence-corrected chi connectivity index (χ0v) is 25.9. The average Bonchev–Trinajstić information content (AvgIpc) is 3.68. The number of para-hydroxylation sites is 1. The highest BCUT2D eigenvalue weighted by atomic mass is 15.0. The van der Waals surface area contributed by atoms with Crippen molar-refractivity contribution in [1.29, 1.82) is 0 Å². The number of nitrogens with zero attached hydrogens (tertiary/aromatic N) is 1. The topological polar surface area (TPSA) is 4.93 Å². The molecule has 0 amide bonds. The molecule has 1 aromatic heterocycles. The fourth-order valence-electron chi connectivity index (χ4n) is 8.08. The third kappa shape index (κ3) is 4.10. The molecule has 0 fully saturated rings. The number of benzene rings is 8. The molecule has 1 heterocycles. The Labute approximate surface area is 274 Å². The maximum absolute atomic E-state index is 2.49. The fraction of sp³-hybridized carbons (Fsp3) is 0.0435. The first kappa shape index (κ1) is 26.3. The zero-order valence-electron chi connectivity index (χ0n) is 25.9. The second-order valence-corrected chi connectivity index (χ2v) is 12.9. The van der Waals surface area contributed by atoms with Crippen LogP contribution in [0.15, 0.2) is 164 Å². The van der Waals surface area contributed by atoms with E-state index in [4.69, 9.17) is 0 Å². The van der Waals surface area contributed by atoms with Crippen molar-refractivity contribution >= 4 is 43.4 Å². The predicted octanol–water partition coefficient (Wildman–Crippen LogP) is 11.9. The Bertz CT molecular complexity index is 2660. The van der Waals surface area contributed by atoms with Crippen LogP contribution >= 0.6 is 0 Å². The molecule has 0 aliphatic heterocycles. The monoisotopic (exact) mass is 597 g/mol. The van der Waals surface area contributed by atoms with Gasteiger partial charge in [-0.15, -0.1) is 0 Å². The Kier molecular flexibility index (Phi) is 5.77. The third-order valence-corrected chi connectivity index (χ3v) is 10.2. The highest BCUT2D eigenvalue weighted by Gasteiger charge is 2.22. The third-order valence-electron chi connectivity index (χ3n) is 10.2. The molecule has 0 saturated heterocycles. The van der Waals surface area contributed by atoms with Crippen LogP contribution in [0.3, 0.4) is 0 Å². The quantitative estimate of drug-likeness (QED) is 0.178. The molecule has 1 nitrogen and oxygen atoms in total. The molecule has 0 unspecified atom stereocenters. The highest BCUT2D eigenvalue weighted by Crippen LogP contribution is 2.43. The number of rotatable bonds is 4. The number of aromatic nitrogens is 1. The summed E-state index contributed by atoms with van der Waals surface area (Å²) in [5.74, 6) is 0. The van der Waals surface area contributed by atoms with E-state index in [1.807, 2.05) is 0 Å². The van der Waals surface area contributed by atoms with E-state index in [0.29, 0.717) is 0 Å². The molecule has 47 heavy (non-hydrogen) atoms. The van der Waals surface area contributed by atoms with Gasteiger partial charge in [-0.05, 0) is 103 Å². The molecule has 0 radical (unpaired) electrons. The van der Waals surface area contributed by atoms with Gasteiger partial charge in [0, 0.05) is 16.5 Å². The summed E-state index contributed by atoms with van der Waals surface area (Å²) in [5, 5.41) is 7.90. The molecule has 1 aliphatic rings. The first-order valence-electron chi connectivity index (χ1n) is 16.5. The molecule has 8 aromatic carbocycles. The van der Waals surface area contributed by atoms with Gasteiger partial charge in [-0.2, -0.15) is 0 Å². The zero-order chi connectivity index (χ0) is 30.9. The fourth-order valence-corrected chi connectivity index (χ4v) is 8.08. The van der Waals surface area contributed by atoms with E-state index in [9.17, 15) is 0 Å². The first-order valence-corrected chi connectivity index (χ1v) is 16.5. The van der Waals surface area contributed by atoms with Gasteiger partial charge in [-0.25, -0.2) is 0 Å². The lowest BCUT2D eigenvalue weighted by Crippen LogP contribution is -1.96. The summed E-state index contributed by atoms with van der Waals surface area (Å²) < 4.78 is 2.49. The van der Waals surface area contributed by atoms with Crippen LogP contribution in [0.25, 0.3) is 71.3 Å². The Balaban J connectivity index is 1.22. The van der Waals surface area contributed by atoms with Crippen LogP contribution in [-0.2, 0) is 12.8 Å². The van der Waals surface area contributed by atoms with Crippen LogP contribution < -0.4 is 0 Å². The van der Waals surface area contributed by atoms with Crippen molar-refractivity contribution in [3.8, 4) is 27.9 Å². The summed E-state index contributed by atoms with van der Waals surface area (Å²) in [6.45, 7) is 0. The number of fused-ring (bicyclic) bond motifs is 10. The van der Waals surface area contributed by atoms with Crippen LogP contribution in [0, 0.1) is 0 Å². The Morgan fingerprint density at radius 2 is 1.17 bits per heavy atom. The van der Waals surface area contributed by atoms with Gasteiger partial charge in [0.15, 0.2) is 0 Å². The summed E-state index contributed by atoms with van der Waals surface area (Å²) >= 11 is 0. The summed E-state index contributed by atoms with van der Waals surface area (Å²) in [7, 11) is 0. The van der Waals surface area contributed by atoms with Gasteiger partial charge in [-0.3, -0.25) is 0 Å². The smallest absolute Gasteiger partial charge is 0.0547 e. The summed E-state index contributed by atoms with van der Waals surface area (Å²) in [6, 6.07) is 60.6. The lowest BCUT2D eigenvalue weighted by atomic mass is 9.90. The lowest BCUT2D eigenvalue weighted by molar-refractivity contribution is 1.17. The van der Waals surface area contributed by atoms with Gasteiger partial charge in [0.25, 0.3) is 0 Å². The van der Waals surface area contributed by atoms with E-state index in [1.54, 1.807) is 0 Å². The van der Waals surface area contributed by atoms with Crippen molar-refractivity contribution in [3.05, 3.63) is 186 Å². The van der Waals surface area contributed by atoms with Gasteiger partial charge in [0.1, 0.15) is 0 Å². The highest BCUT2D eigenvalue weighted by molar-refractivity contribution is 6.26. The number of hydrogen-bond acceptors (Lipinski definition) is 0. The van der Waals surface area contributed by atoms with E-state index < -0.39 is 0 Å². The van der Waals surface area contributed by atoms with Gasteiger partial charge in [0.05, 0.1) is 11.0 Å². The summed E-state index contributed by atoms with van der Waals surface area (Å²) in [4.78, 5) is 0. The van der Waals surface area contributed by atoms with E-state index in [2.05, 4.69) is 168 Å². The molecular weight excluding hydrogens is 567 g/mol. The Morgan fingerprint density at radius 1 is 0.447 bits per heavy atom. The minimum atomic E-state index is 0.866. The molecular formula is C46H31N. The van der Waals surface area contributed by atoms with Crippen molar-refractivity contribution < 1.29 is 0 Å². The summed E-state index contributed by atoms with van der Waals surface area (Å²) in [5.41, 5.74) is 14.4. The van der Waals surface area contributed by atoms with E-state index >= 15 is 0 Å². The van der Waals surface area contributed by atoms with Gasteiger partial charge >= 0.3 is 0 Å². The minimum Gasteiger partial charge on any atom is -0.309 e. The van der Waals surface area contributed by atoms with Gasteiger partial charge in [-0.1, -0.05) is 140 Å². The van der Waals surface area contributed by atoms with Crippen LogP contribution in [0.2, 0.25) is 0 Å². The molecule has 0 bridgehead atoms. The first-order chi connectivity index (χ1) is 23.3. The maximum Gasteiger partial charge on any atom is 0.0547 e. The molecule has 0 atom stereocenters. The summed E-state index contributed by atoms with van der Waals surface area (Å²) in [6.07, 6.45) is 1.87. The van der Waals surface area contributed by atoms with Gasteiger partial charge in [0.2, 0.25) is 0 Å². The van der Waals surface area contributed by atoms with Crippen molar-refractivity contribution in [2.45, 2.75) is 12.8 Å². The molecule has 0 saturated carbocycles. The normalized spacial score (nSPS) is 12.3. The predicted molar refractivity (Wildman–Crippen MR) is 199 cm³/mol. The molecule has 9 aromatic rings. The second kappa shape index (κ2) is 10.3. The molecule has 0 spiro atoms. The second-order valence-electron chi connectivity index (χ2n) is 12.9. The van der Waals surface area contributed by atoms with Crippen molar-refractivity contribution in [1.82, 2.24) is 4.57 Å². The van der Waals surface area contributed by atoms with Crippen LogP contribution in [0.1, 0.15) is 22.3 Å². The largest absolute Gasteiger partial charge is 0.309 e. The standard InChI is InChI=1S/C46H31N/c1-2-10-31(11-3-1)32-20-18-30(19-21-32)26-36-28-34-13-4-6-14-38(34)40-24-25-44-46(45(36)40)41-16-8-9-17-43(41)47(44)37-23-22-35-27-33-12-5-7-15-39(33)42(35)29-37/h1-25,28-29H,26-27H2. The molecule has 220 valence electrons. The molecule has 10 rings (SSSR count). The average molecular weight is 598 g/mol. The van der Waals surface area contributed by atoms with E-state index in [-0.39, 0.29) is 0 Å². The Morgan fingerprint density at radius 3 is 2.06 bits per heavy atom. The SMILES string of the molecule is c1ccc(-c2ccc(Cc3cc4ccccc4c4ccc5c(c6ccccc6n5-c5ccc6c(c5)-c5ccccc5C6)c34)cc2)cc1. The Hall–Kier alpha value is -5.92. The van der Waals surface area contributed by atoms with Crippen LogP contribution in [0.5, 0.6) is 0 Å². The number of hydrogen-bond donors (Lipinski definition) is 0.